The molecule has 0 bridgehead atoms. The second-order valence-electron chi connectivity index (χ2n) is 9.38. The predicted octanol–water partition coefficient (Wildman–Crippen LogP) is 3.06. The molecule has 0 aromatic carbocycles. The van der Waals surface area contributed by atoms with E-state index in [1.807, 2.05) is 27.7 Å². The molecule has 1 rings (SSSR count). The van der Waals surface area contributed by atoms with Crippen LogP contribution in [0.5, 0.6) is 0 Å². The molecule has 0 N–H and O–H groups in total. The summed E-state index contributed by atoms with van der Waals surface area (Å²) in [4.78, 5) is 0. The first-order valence-electron chi connectivity index (χ1n) is 9.54. The zero-order chi connectivity index (χ0) is 20.2. The molecule has 6 nitrogen and oxygen atoms in total. The minimum Gasteiger partial charge on any atom is -0.381 e. The van der Waals surface area contributed by atoms with E-state index in [4.69, 9.17) is 14.2 Å². The minimum absolute atomic E-state index is 0.0211. The van der Waals surface area contributed by atoms with Gasteiger partial charge in [0.15, 0.2) is 0 Å². The SMILES string of the molecule is C[C@H](O[C@H](COC1CCOCC1)CN(C(C)(C)C)S(C)(=O)=O)C(C)(C)C. The summed E-state index contributed by atoms with van der Waals surface area (Å²) in [5.41, 5.74) is -0.548. The third kappa shape index (κ3) is 8.21. The first kappa shape index (κ1) is 23.8. The van der Waals surface area contributed by atoms with Crippen LogP contribution in [0.1, 0.15) is 61.3 Å². The van der Waals surface area contributed by atoms with Crippen LogP contribution in [-0.4, -0.2) is 69.2 Å². The topological polar surface area (TPSA) is 65.1 Å². The summed E-state index contributed by atoms with van der Waals surface area (Å²) in [6.45, 7) is 16.2. The van der Waals surface area contributed by atoms with Crippen LogP contribution < -0.4 is 0 Å². The van der Waals surface area contributed by atoms with Crippen molar-refractivity contribution in [3.63, 3.8) is 0 Å². The average Bonchev–Trinajstić information content (AvgIpc) is 2.47. The standard InChI is InChI=1S/C19H39NO5S/c1-15(18(2,3)4)25-17(14-24-16-9-11-23-12-10-16)13-20(19(5,6)7)26(8,21)22/h15-17H,9-14H2,1-8H3/t15-,17-/m0/s1. The van der Waals surface area contributed by atoms with Crippen molar-refractivity contribution in [1.82, 2.24) is 4.31 Å². The van der Waals surface area contributed by atoms with E-state index in [1.165, 1.54) is 10.6 Å². The molecule has 0 aromatic heterocycles. The van der Waals surface area contributed by atoms with E-state index < -0.39 is 15.6 Å². The van der Waals surface area contributed by atoms with Crippen LogP contribution in [0, 0.1) is 5.41 Å². The Labute approximate surface area is 160 Å². The molecule has 0 spiro atoms. The zero-order valence-corrected chi connectivity index (χ0v) is 18.7. The number of hydrogen-bond acceptors (Lipinski definition) is 5. The van der Waals surface area contributed by atoms with Gasteiger partial charge in [0.25, 0.3) is 0 Å². The van der Waals surface area contributed by atoms with Crippen LogP contribution >= 0.6 is 0 Å². The lowest BCUT2D eigenvalue weighted by Crippen LogP contribution is -2.51. The van der Waals surface area contributed by atoms with Crippen LogP contribution in [0.4, 0.5) is 0 Å². The Morgan fingerprint density at radius 3 is 2.08 bits per heavy atom. The lowest BCUT2D eigenvalue weighted by atomic mass is 9.90. The van der Waals surface area contributed by atoms with Gasteiger partial charge >= 0.3 is 0 Å². The summed E-state index contributed by atoms with van der Waals surface area (Å²) < 4.78 is 43.8. The molecule has 1 aliphatic heterocycles. The molecule has 0 aliphatic carbocycles. The molecular weight excluding hydrogens is 354 g/mol. The molecule has 1 saturated heterocycles. The Morgan fingerprint density at radius 1 is 1.12 bits per heavy atom. The third-order valence-electron chi connectivity index (χ3n) is 4.82. The molecular formula is C19H39NO5S. The van der Waals surface area contributed by atoms with Crippen molar-refractivity contribution in [2.24, 2.45) is 5.41 Å². The maximum Gasteiger partial charge on any atom is 0.211 e. The Kier molecular flexibility index (Phi) is 8.55. The number of hydrogen-bond donors (Lipinski definition) is 0. The highest BCUT2D eigenvalue weighted by atomic mass is 32.2. The Hall–Kier alpha value is -0.210. The van der Waals surface area contributed by atoms with E-state index in [-0.39, 0.29) is 30.3 Å². The molecule has 0 saturated carbocycles. The molecule has 7 heteroatoms. The molecule has 0 unspecified atom stereocenters. The minimum atomic E-state index is -3.35. The third-order valence-corrected chi connectivity index (χ3v) is 6.32. The van der Waals surface area contributed by atoms with E-state index in [9.17, 15) is 8.42 Å². The van der Waals surface area contributed by atoms with Crippen molar-refractivity contribution in [1.29, 1.82) is 0 Å². The maximum absolute atomic E-state index is 12.3. The van der Waals surface area contributed by atoms with E-state index >= 15 is 0 Å². The number of sulfonamides is 1. The highest BCUT2D eigenvalue weighted by Crippen LogP contribution is 2.25. The number of nitrogens with zero attached hydrogens (tertiary/aromatic N) is 1. The molecule has 0 aromatic rings. The van der Waals surface area contributed by atoms with E-state index in [2.05, 4.69) is 20.8 Å². The summed E-state index contributed by atoms with van der Waals surface area (Å²) in [6, 6.07) is 0. The van der Waals surface area contributed by atoms with Crippen molar-refractivity contribution in [2.45, 2.75) is 85.2 Å². The van der Waals surface area contributed by atoms with Crippen LogP contribution in [0.2, 0.25) is 0 Å². The number of ether oxygens (including phenoxy) is 3. The largest absolute Gasteiger partial charge is 0.381 e. The fraction of sp³-hybridized carbons (Fsp3) is 1.00. The van der Waals surface area contributed by atoms with E-state index in [0.717, 1.165) is 12.8 Å². The highest BCUT2D eigenvalue weighted by Gasteiger charge is 2.34. The summed E-state index contributed by atoms with van der Waals surface area (Å²) >= 11 is 0. The van der Waals surface area contributed by atoms with Crippen LogP contribution in [0.25, 0.3) is 0 Å². The molecule has 2 atom stereocenters. The van der Waals surface area contributed by atoms with Crippen molar-refractivity contribution in [3.8, 4) is 0 Å². The molecule has 0 amide bonds. The summed E-state index contributed by atoms with van der Waals surface area (Å²) in [5, 5.41) is 0. The summed E-state index contributed by atoms with van der Waals surface area (Å²) in [5.74, 6) is 0. The molecule has 26 heavy (non-hydrogen) atoms. The van der Waals surface area contributed by atoms with E-state index in [1.54, 1.807) is 0 Å². The quantitative estimate of drug-likeness (QED) is 0.634. The highest BCUT2D eigenvalue weighted by molar-refractivity contribution is 7.88. The van der Waals surface area contributed by atoms with Gasteiger partial charge in [0.05, 0.1) is 31.2 Å². The van der Waals surface area contributed by atoms with Gasteiger partial charge in [0.1, 0.15) is 0 Å². The second-order valence-corrected chi connectivity index (χ2v) is 11.3. The zero-order valence-electron chi connectivity index (χ0n) is 17.9. The first-order valence-corrected chi connectivity index (χ1v) is 11.4. The van der Waals surface area contributed by atoms with Gasteiger partial charge in [-0.15, -0.1) is 0 Å². The maximum atomic E-state index is 12.3. The lowest BCUT2D eigenvalue weighted by Gasteiger charge is -2.38. The van der Waals surface area contributed by atoms with Crippen molar-refractivity contribution in [2.75, 3.05) is 32.6 Å². The van der Waals surface area contributed by atoms with Gasteiger partial charge in [0.2, 0.25) is 10.0 Å². The van der Waals surface area contributed by atoms with Gasteiger partial charge < -0.3 is 14.2 Å². The fourth-order valence-electron chi connectivity index (χ4n) is 2.81. The van der Waals surface area contributed by atoms with Gasteiger partial charge in [-0.2, -0.15) is 4.31 Å². The first-order chi connectivity index (χ1) is 11.7. The molecule has 1 fully saturated rings. The Balaban J connectivity index is 2.86. The van der Waals surface area contributed by atoms with Gasteiger partial charge in [-0.1, -0.05) is 20.8 Å². The fourth-order valence-corrected chi connectivity index (χ4v) is 4.24. The average molecular weight is 394 g/mol. The molecule has 156 valence electrons. The Morgan fingerprint density at radius 2 is 1.65 bits per heavy atom. The molecule has 1 aliphatic rings. The second kappa shape index (κ2) is 9.32. The smallest absolute Gasteiger partial charge is 0.211 e. The van der Waals surface area contributed by atoms with Crippen LogP contribution in [0.3, 0.4) is 0 Å². The van der Waals surface area contributed by atoms with Crippen molar-refractivity contribution >= 4 is 10.0 Å². The predicted molar refractivity (Wildman–Crippen MR) is 105 cm³/mol. The Bertz CT molecular complexity index is 515. The van der Waals surface area contributed by atoms with Crippen molar-refractivity contribution < 1.29 is 22.6 Å². The van der Waals surface area contributed by atoms with Gasteiger partial charge in [0, 0.05) is 25.3 Å². The molecule has 0 radical (unpaired) electrons. The lowest BCUT2D eigenvalue weighted by molar-refractivity contribution is -0.117. The summed E-state index contributed by atoms with van der Waals surface area (Å²) in [7, 11) is -3.35. The normalized spacial score (nSPS) is 20.3. The van der Waals surface area contributed by atoms with Crippen LogP contribution in [-0.2, 0) is 24.2 Å². The van der Waals surface area contributed by atoms with Gasteiger partial charge in [-0.05, 0) is 46.0 Å². The number of rotatable bonds is 8. The monoisotopic (exact) mass is 393 g/mol. The van der Waals surface area contributed by atoms with Crippen LogP contribution in [0.15, 0.2) is 0 Å². The van der Waals surface area contributed by atoms with Crippen molar-refractivity contribution in [3.05, 3.63) is 0 Å². The summed E-state index contributed by atoms with van der Waals surface area (Å²) in [6.07, 6.45) is 2.81. The van der Waals surface area contributed by atoms with Gasteiger partial charge in [-0.3, -0.25) is 0 Å². The molecule has 1 heterocycles. The van der Waals surface area contributed by atoms with Gasteiger partial charge in [-0.25, -0.2) is 8.42 Å². The van der Waals surface area contributed by atoms with E-state index in [0.29, 0.717) is 19.8 Å².